The zero-order valence-corrected chi connectivity index (χ0v) is 22.7. The zero-order valence-electron chi connectivity index (χ0n) is 21.1. The number of aryl methyl sites for hydroxylation is 1. The van der Waals surface area contributed by atoms with Crippen molar-refractivity contribution >= 4 is 57.4 Å². The Labute approximate surface area is 229 Å². The average molecular weight is 550 g/mol. The van der Waals surface area contributed by atoms with Crippen LogP contribution in [0, 0.1) is 12.7 Å². The summed E-state index contributed by atoms with van der Waals surface area (Å²) in [6.45, 7) is 4.60. The van der Waals surface area contributed by atoms with E-state index in [0.717, 1.165) is 36.9 Å². The van der Waals surface area contributed by atoms with E-state index in [9.17, 15) is 14.0 Å². The summed E-state index contributed by atoms with van der Waals surface area (Å²) >= 11 is 6.86. The lowest BCUT2D eigenvalue weighted by Gasteiger charge is -2.37. The molecular formula is C28H28FN5O2S2. The molecule has 3 fully saturated rings. The molecule has 2 aliphatic heterocycles. The molecule has 1 aromatic carbocycles. The molecule has 7 nitrogen and oxygen atoms in total. The number of thioether (sulfide) groups is 1. The highest BCUT2D eigenvalue weighted by atomic mass is 32.2. The number of fused-ring (bicyclic) bond motifs is 1. The Kier molecular flexibility index (Phi) is 6.69. The molecule has 3 aliphatic rings. The fourth-order valence-electron chi connectivity index (χ4n) is 5.53. The molecule has 6 rings (SSSR count). The van der Waals surface area contributed by atoms with Gasteiger partial charge < -0.3 is 9.80 Å². The lowest BCUT2D eigenvalue weighted by atomic mass is 10.2. The van der Waals surface area contributed by atoms with Crippen LogP contribution >= 0.6 is 24.0 Å². The number of carbonyl (C=O) groups excluding carboxylic acids is 1. The van der Waals surface area contributed by atoms with Crippen molar-refractivity contribution in [2.75, 3.05) is 36.0 Å². The Morgan fingerprint density at radius 1 is 1.00 bits per heavy atom. The van der Waals surface area contributed by atoms with Crippen LogP contribution in [0.2, 0.25) is 0 Å². The van der Waals surface area contributed by atoms with E-state index < -0.39 is 0 Å². The van der Waals surface area contributed by atoms with Crippen LogP contribution in [0.1, 0.15) is 36.8 Å². The third-order valence-corrected chi connectivity index (χ3v) is 8.88. The summed E-state index contributed by atoms with van der Waals surface area (Å²) in [5.41, 5.74) is 2.66. The highest BCUT2D eigenvalue weighted by Gasteiger charge is 2.38. The average Bonchev–Trinajstić information content (AvgIpc) is 3.54. The molecule has 0 radical (unpaired) electrons. The third-order valence-electron chi connectivity index (χ3n) is 7.55. The molecule has 196 valence electrons. The number of hydrogen-bond donors (Lipinski definition) is 0. The van der Waals surface area contributed by atoms with Crippen molar-refractivity contribution in [3.63, 3.8) is 0 Å². The van der Waals surface area contributed by atoms with Crippen LogP contribution in [-0.2, 0) is 4.79 Å². The molecular weight excluding hydrogens is 521 g/mol. The summed E-state index contributed by atoms with van der Waals surface area (Å²) in [6.07, 6.45) is 7.60. The monoisotopic (exact) mass is 549 g/mol. The van der Waals surface area contributed by atoms with Crippen molar-refractivity contribution in [3.8, 4) is 0 Å². The molecule has 0 unspecified atom stereocenters. The van der Waals surface area contributed by atoms with E-state index in [1.807, 2.05) is 19.1 Å². The van der Waals surface area contributed by atoms with Crippen LogP contribution in [0.3, 0.4) is 0 Å². The first-order chi connectivity index (χ1) is 18.4. The number of carbonyl (C=O) groups is 1. The molecule has 38 heavy (non-hydrogen) atoms. The van der Waals surface area contributed by atoms with E-state index in [0.29, 0.717) is 52.4 Å². The van der Waals surface area contributed by atoms with Gasteiger partial charge in [-0.05, 0) is 61.7 Å². The standard InChI is InChI=1S/C28H28FN5O2S2/c1-18-6-11-24-30-25(32-14-12-31(13-15-32)20-9-7-19(29)8-10-20)22(26(35)33(24)17-18)16-23-27(36)34(28(37)38-23)21-4-2-3-5-21/h6-11,16-17,21H,2-5,12-15H2,1H3/b23-16-. The predicted octanol–water partition coefficient (Wildman–Crippen LogP) is 4.61. The summed E-state index contributed by atoms with van der Waals surface area (Å²) in [7, 11) is 0. The van der Waals surface area contributed by atoms with E-state index >= 15 is 0 Å². The van der Waals surface area contributed by atoms with Gasteiger partial charge in [-0.1, -0.05) is 42.9 Å². The van der Waals surface area contributed by atoms with Gasteiger partial charge in [-0.2, -0.15) is 0 Å². The Morgan fingerprint density at radius 2 is 1.68 bits per heavy atom. The first-order valence-corrected chi connectivity index (χ1v) is 14.2. The molecule has 2 saturated heterocycles. The van der Waals surface area contributed by atoms with Crippen LogP contribution in [0.4, 0.5) is 15.9 Å². The van der Waals surface area contributed by atoms with Gasteiger partial charge in [-0.15, -0.1) is 0 Å². The molecule has 1 aliphatic carbocycles. The second-order valence-electron chi connectivity index (χ2n) is 10.0. The molecule has 0 bridgehead atoms. The minimum Gasteiger partial charge on any atom is -0.368 e. The molecule has 4 heterocycles. The minimum absolute atomic E-state index is 0.118. The van der Waals surface area contributed by atoms with Crippen LogP contribution < -0.4 is 15.4 Å². The van der Waals surface area contributed by atoms with Crippen LogP contribution in [0.25, 0.3) is 11.7 Å². The molecule has 0 N–H and O–H groups in total. The first kappa shape index (κ1) is 25.1. The van der Waals surface area contributed by atoms with Gasteiger partial charge in [-0.25, -0.2) is 9.37 Å². The SMILES string of the molecule is Cc1ccc2nc(N3CCN(c4ccc(F)cc4)CC3)c(/C=C3\SC(=S)N(C4CCCC4)C3=O)c(=O)n2c1. The lowest BCUT2D eigenvalue weighted by Crippen LogP contribution is -2.47. The number of thiocarbonyl (C=S) groups is 1. The summed E-state index contributed by atoms with van der Waals surface area (Å²) < 4.78 is 15.5. The van der Waals surface area contributed by atoms with Gasteiger partial charge in [0.15, 0.2) is 0 Å². The highest BCUT2D eigenvalue weighted by molar-refractivity contribution is 8.26. The zero-order chi connectivity index (χ0) is 26.4. The molecule has 0 atom stereocenters. The quantitative estimate of drug-likeness (QED) is 0.348. The van der Waals surface area contributed by atoms with Crippen molar-refractivity contribution in [2.45, 2.75) is 38.6 Å². The van der Waals surface area contributed by atoms with Crippen LogP contribution in [0.15, 0.2) is 52.3 Å². The Bertz CT molecular complexity index is 1510. The van der Waals surface area contributed by atoms with E-state index in [1.54, 1.807) is 33.7 Å². The molecule has 1 amide bonds. The fourth-order valence-corrected chi connectivity index (χ4v) is 6.91. The van der Waals surface area contributed by atoms with Gasteiger partial charge in [0.25, 0.3) is 11.5 Å². The first-order valence-electron chi connectivity index (χ1n) is 12.9. The van der Waals surface area contributed by atoms with Crippen molar-refractivity contribution in [3.05, 3.63) is 74.8 Å². The number of benzene rings is 1. The minimum atomic E-state index is -0.258. The van der Waals surface area contributed by atoms with Gasteiger partial charge in [0.05, 0.1) is 10.5 Å². The normalized spacial score (nSPS) is 19.9. The largest absolute Gasteiger partial charge is 0.368 e. The summed E-state index contributed by atoms with van der Waals surface area (Å²) in [6, 6.07) is 10.4. The molecule has 2 aromatic heterocycles. The number of amides is 1. The Morgan fingerprint density at radius 3 is 2.39 bits per heavy atom. The summed E-state index contributed by atoms with van der Waals surface area (Å²) in [5, 5.41) is 0. The number of piperazine rings is 1. The van der Waals surface area contributed by atoms with E-state index in [-0.39, 0.29) is 23.3 Å². The smallest absolute Gasteiger partial charge is 0.267 e. The molecule has 1 saturated carbocycles. The number of nitrogens with zero attached hydrogens (tertiary/aromatic N) is 5. The molecule has 3 aromatic rings. The second kappa shape index (κ2) is 10.1. The van der Waals surface area contributed by atoms with Gasteiger partial charge in [-0.3, -0.25) is 18.9 Å². The van der Waals surface area contributed by atoms with Crippen LogP contribution in [0.5, 0.6) is 0 Å². The summed E-state index contributed by atoms with van der Waals surface area (Å²) in [4.78, 5) is 38.7. The van der Waals surface area contributed by atoms with Gasteiger partial charge in [0, 0.05) is 44.1 Å². The number of halogens is 1. The lowest BCUT2D eigenvalue weighted by molar-refractivity contribution is -0.123. The third kappa shape index (κ3) is 4.60. The van der Waals surface area contributed by atoms with Crippen molar-refractivity contribution in [1.29, 1.82) is 0 Å². The van der Waals surface area contributed by atoms with Crippen molar-refractivity contribution in [1.82, 2.24) is 14.3 Å². The van der Waals surface area contributed by atoms with E-state index in [1.165, 1.54) is 23.9 Å². The maximum atomic E-state index is 13.8. The van der Waals surface area contributed by atoms with Gasteiger partial charge in [0.1, 0.15) is 21.6 Å². The van der Waals surface area contributed by atoms with Gasteiger partial charge in [0.2, 0.25) is 0 Å². The van der Waals surface area contributed by atoms with Crippen molar-refractivity contribution < 1.29 is 9.18 Å². The van der Waals surface area contributed by atoms with Gasteiger partial charge >= 0.3 is 0 Å². The van der Waals surface area contributed by atoms with Crippen molar-refractivity contribution in [2.24, 2.45) is 0 Å². The summed E-state index contributed by atoms with van der Waals surface area (Å²) in [5.74, 6) is 0.197. The fraction of sp³-hybridized carbons (Fsp3) is 0.357. The number of pyridine rings is 1. The number of hydrogen-bond acceptors (Lipinski definition) is 7. The highest BCUT2D eigenvalue weighted by Crippen LogP contribution is 2.38. The maximum absolute atomic E-state index is 13.8. The number of anilines is 2. The second-order valence-corrected chi connectivity index (χ2v) is 11.7. The maximum Gasteiger partial charge on any atom is 0.267 e. The van der Waals surface area contributed by atoms with Crippen LogP contribution in [-0.4, -0.2) is 56.7 Å². The number of rotatable bonds is 4. The Hall–Kier alpha value is -3.24. The predicted molar refractivity (Wildman–Crippen MR) is 154 cm³/mol. The topological polar surface area (TPSA) is 61.2 Å². The molecule has 0 spiro atoms. The number of aromatic nitrogens is 2. The van der Waals surface area contributed by atoms with E-state index in [2.05, 4.69) is 9.80 Å². The molecule has 10 heteroatoms. The van der Waals surface area contributed by atoms with E-state index in [4.69, 9.17) is 17.2 Å². The Balaban J connectivity index is 1.36.